The van der Waals surface area contributed by atoms with Crippen LogP contribution in [0.15, 0.2) is 82.8 Å². The number of unbranched alkanes of at least 4 members (excludes halogenated alkanes) is 11. The quantitative estimate of drug-likeness (QED) is 0.0231. The maximum Gasteiger partial charge on any atom is 2.00 e. The monoisotopic (exact) mass is 1040 g/mol. The van der Waals surface area contributed by atoms with E-state index in [2.05, 4.69) is 112 Å². The number of para-hydroxylation sites is 2. The molecule has 73 heavy (non-hydrogen) atoms. The van der Waals surface area contributed by atoms with Crippen LogP contribution in [0, 0.1) is 35.5 Å². The molecule has 4 aromatic rings. The molecule has 4 rings (SSSR count). The van der Waals surface area contributed by atoms with Crippen LogP contribution < -0.4 is 10.2 Å². The van der Waals surface area contributed by atoms with Gasteiger partial charge in [0.25, 0.3) is 0 Å². The molecule has 4 N–H and O–H groups in total. The van der Waals surface area contributed by atoms with Crippen LogP contribution in [0.5, 0.6) is 23.0 Å². The van der Waals surface area contributed by atoms with Crippen LogP contribution >= 0.6 is 0 Å². The smallest absolute Gasteiger partial charge is 0.869 e. The first kappa shape index (κ1) is 64.5. The Kier molecular flexibility index (Phi) is 34.6. The van der Waals surface area contributed by atoms with Gasteiger partial charge in [0, 0.05) is 32.1 Å². The molecule has 0 unspecified atom stereocenters. The molecule has 10 nitrogen and oxygen atoms in total. The van der Waals surface area contributed by atoms with Crippen molar-refractivity contribution in [3.8, 4) is 58.5 Å². The molecule has 0 spiro atoms. The second-order valence-electron chi connectivity index (χ2n) is 17.3. The van der Waals surface area contributed by atoms with Crippen molar-refractivity contribution in [2.45, 2.75) is 183 Å². The van der Waals surface area contributed by atoms with Crippen LogP contribution in [0.25, 0.3) is 0 Å². The maximum absolute atomic E-state index is 11.2. The number of phenols is 2. The van der Waals surface area contributed by atoms with Gasteiger partial charge < -0.3 is 30.6 Å². The van der Waals surface area contributed by atoms with Gasteiger partial charge in [0.1, 0.15) is 17.2 Å². The van der Waals surface area contributed by atoms with Gasteiger partial charge in [0.15, 0.2) is 0 Å². The van der Waals surface area contributed by atoms with Gasteiger partial charge in [0.05, 0.1) is 28.2 Å². The Morgan fingerprint density at radius 1 is 0.479 bits per heavy atom. The number of hydrogen-bond acceptors (Lipinski definition) is 8. The summed E-state index contributed by atoms with van der Waals surface area (Å²) in [5, 5.41) is 57.7. The Morgan fingerprint density at radius 2 is 0.877 bits per heavy atom. The zero-order valence-electron chi connectivity index (χ0n) is 44.1. The molecule has 4 aromatic carbocycles. The number of carbonyl (C=O) groups is 2. The summed E-state index contributed by atoms with van der Waals surface area (Å²) in [7, 11) is 0. The third-order valence-electron chi connectivity index (χ3n) is 11.6. The van der Waals surface area contributed by atoms with Crippen LogP contribution in [0.4, 0.5) is 11.4 Å². The predicted molar refractivity (Wildman–Crippen MR) is 291 cm³/mol. The summed E-state index contributed by atoms with van der Waals surface area (Å²) in [5.41, 5.74) is 6.49. The van der Waals surface area contributed by atoms with E-state index in [0.717, 1.165) is 93.4 Å². The van der Waals surface area contributed by atoms with Crippen LogP contribution in [-0.4, -0.2) is 43.8 Å². The van der Waals surface area contributed by atoms with E-state index >= 15 is 0 Å². The number of aliphatic imine (C=N–C) groups is 2. The molecule has 0 radical (unpaired) electrons. The fourth-order valence-electron chi connectivity index (χ4n) is 7.41. The van der Waals surface area contributed by atoms with Crippen molar-refractivity contribution >= 4 is 34.7 Å². The minimum absolute atomic E-state index is 0. The molecular weight excluding hydrogens is 959 g/mol. The molecule has 0 aliphatic rings. The molecule has 0 amide bonds. The van der Waals surface area contributed by atoms with Crippen molar-refractivity contribution in [3.05, 3.63) is 106 Å². The van der Waals surface area contributed by atoms with E-state index < -0.39 is 34.9 Å². The number of rotatable bonds is 24. The number of phenolic OH excluding ortho intramolecular Hbond substituents is 2. The average Bonchev–Trinajstić information content (AvgIpc) is 3.37. The summed E-state index contributed by atoms with van der Waals surface area (Å²) in [6.45, 7) is 12.5. The number of carboxylic acids is 2. The minimum atomic E-state index is -1.29. The molecule has 0 atom stereocenters. The number of aromatic carboxylic acids is 2. The number of aromatic hydroxyl groups is 2. The van der Waals surface area contributed by atoms with Gasteiger partial charge in [-0.15, -0.1) is 23.7 Å². The third kappa shape index (κ3) is 24.7. The summed E-state index contributed by atoms with van der Waals surface area (Å²) < 4.78 is 0. The summed E-state index contributed by atoms with van der Waals surface area (Å²) >= 11 is 0. The van der Waals surface area contributed by atoms with E-state index in [1.54, 1.807) is 13.8 Å². The van der Waals surface area contributed by atoms with E-state index in [9.17, 15) is 19.8 Å². The van der Waals surface area contributed by atoms with Crippen LogP contribution in [0.1, 0.15) is 200 Å². The summed E-state index contributed by atoms with van der Waals surface area (Å²) in [5.74, 6) is 15.3. The molecule has 0 aliphatic carbocycles. The predicted octanol–water partition coefficient (Wildman–Crippen LogP) is 14.2. The van der Waals surface area contributed by atoms with Crippen molar-refractivity contribution in [1.29, 1.82) is 0 Å². The Bertz CT molecular complexity index is 2480. The number of aryl methyl sites for hydroxylation is 4. The molecule has 0 saturated carbocycles. The first-order chi connectivity index (χ1) is 34.9. The second kappa shape index (κ2) is 39.1. The van der Waals surface area contributed by atoms with Gasteiger partial charge in [-0.05, 0) is 110 Å². The van der Waals surface area contributed by atoms with Gasteiger partial charge in [-0.1, -0.05) is 159 Å². The number of hydrogen-bond donors (Lipinski definition) is 4. The largest absolute Gasteiger partial charge is 2.00 e. The number of carboxylic acid groups (broad SMARTS) is 2. The molecule has 394 valence electrons. The zero-order valence-corrected chi connectivity index (χ0v) is 45.1. The summed E-state index contributed by atoms with van der Waals surface area (Å²) in [4.78, 5) is 31.9. The normalized spacial score (nSPS) is 10.6. The molecule has 0 fully saturated rings. The van der Waals surface area contributed by atoms with Crippen LogP contribution in [0.3, 0.4) is 0 Å². The number of nitrogens with zero attached hydrogens (tertiary/aromatic N) is 2. The summed E-state index contributed by atoms with van der Waals surface area (Å²) in [6.07, 6.45) is 22.5. The van der Waals surface area contributed by atoms with Gasteiger partial charge in [-0.3, -0.25) is 4.99 Å². The Balaban J connectivity index is 0.000000794. The van der Waals surface area contributed by atoms with E-state index in [1.165, 1.54) is 93.2 Å². The first-order valence-electron chi connectivity index (χ1n) is 26.1. The Hall–Kier alpha value is -6.47. The standard InChI is InChI=1S/C44H60N2.2C9H10O4.Ni/c1-5-9-13-16-19-21-24-31-39-33-27-29-36-41(39)45-43(35-12-8-4)44(38-26-23-18-15-11-7-3)46-42-37-30-28-34-40(42)32-25-22-20-17-14-10-6-2;2*1-2-5-3-4-6(10)8(11)7(5)9(12)13;/h27-30,33-34,36-37H,5-18,23-25,31-32,35H2,1-4H3;2*3-4,10-11H,2H2,1H3,(H,12,13);/q;;;+2/p-2. The molecule has 0 aliphatic heterocycles. The maximum atomic E-state index is 11.2. The Morgan fingerprint density at radius 3 is 1.32 bits per heavy atom. The third-order valence-corrected chi connectivity index (χ3v) is 11.6. The SMILES string of the molecule is CCCCCC#CCCc1ccccc1N=C(C#CCCCCCC)C(CCCC)=Nc1ccccc1CCC#CCCCCC.CCc1ccc(O)c([O-])c1C(=O)O.CCc1ccc(O)c([O-])c1C(=O)O.[Ni+2]. The Labute approximate surface area is 446 Å². The minimum Gasteiger partial charge on any atom is -0.869 e. The van der Waals surface area contributed by atoms with Gasteiger partial charge in [-0.2, -0.15) is 0 Å². The molecule has 0 heterocycles. The van der Waals surface area contributed by atoms with Crippen molar-refractivity contribution in [1.82, 2.24) is 0 Å². The molecule has 0 bridgehead atoms. The number of benzene rings is 4. The first-order valence-corrected chi connectivity index (χ1v) is 26.1. The average molecular weight is 1040 g/mol. The van der Waals surface area contributed by atoms with E-state index in [1.807, 2.05) is 0 Å². The molecule has 11 heteroatoms. The van der Waals surface area contributed by atoms with Gasteiger partial charge in [-0.25, -0.2) is 14.6 Å². The topological polar surface area (TPSA) is 186 Å². The fourth-order valence-corrected chi connectivity index (χ4v) is 7.41. The van der Waals surface area contributed by atoms with E-state index in [4.69, 9.17) is 30.4 Å². The van der Waals surface area contributed by atoms with Crippen LogP contribution in [-0.2, 0) is 42.2 Å². The van der Waals surface area contributed by atoms with Gasteiger partial charge in [0.2, 0.25) is 0 Å². The molecular formula is C62H78N2NiO8. The summed E-state index contributed by atoms with van der Waals surface area (Å²) in [6, 6.07) is 22.4. The van der Waals surface area contributed by atoms with Crippen molar-refractivity contribution in [3.63, 3.8) is 0 Å². The van der Waals surface area contributed by atoms with Crippen molar-refractivity contribution in [2.75, 3.05) is 0 Å². The molecule has 0 saturated heterocycles. The van der Waals surface area contributed by atoms with Crippen molar-refractivity contribution in [2.24, 2.45) is 9.98 Å². The van der Waals surface area contributed by atoms with Gasteiger partial charge >= 0.3 is 28.4 Å². The second-order valence-corrected chi connectivity index (χ2v) is 17.3. The molecule has 0 aromatic heterocycles. The van der Waals surface area contributed by atoms with Crippen LogP contribution in [0.2, 0.25) is 0 Å². The fraction of sp³-hybridized carbons (Fsp3) is 0.452. The van der Waals surface area contributed by atoms with Crippen molar-refractivity contribution < 1.29 is 56.7 Å². The van der Waals surface area contributed by atoms with E-state index in [0.29, 0.717) is 24.0 Å². The van der Waals surface area contributed by atoms with E-state index in [-0.39, 0.29) is 27.6 Å². The zero-order chi connectivity index (χ0) is 52.9.